The fourth-order valence-corrected chi connectivity index (χ4v) is 4.87. The van der Waals surface area contributed by atoms with Gasteiger partial charge in [-0.2, -0.15) is 0 Å². The fourth-order valence-electron chi connectivity index (χ4n) is 3.82. The first-order chi connectivity index (χ1) is 16.6. The van der Waals surface area contributed by atoms with Crippen LogP contribution >= 0.6 is 11.6 Å². The van der Waals surface area contributed by atoms with Gasteiger partial charge in [-0.05, 0) is 62.4 Å². The summed E-state index contributed by atoms with van der Waals surface area (Å²) in [6.07, 6.45) is 1.42. The van der Waals surface area contributed by atoms with E-state index in [2.05, 4.69) is 5.32 Å². The van der Waals surface area contributed by atoms with E-state index < -0.39 is 34.1 Å². The number of nitrogens with zero attached hydrogens (tertiary/aromatic N) is 2. The van der Waals surface area contributed by atoms with Crippen molar-refractivity contribution in [3.05, 3.63) is 64.7 Å². The number of amides is 2. The summed E-state index contributed by atoms with van der Waals surface area (Å²) in [6, 6.07) is 13.4. The summed E-state index contributed by atoms with van der Waals surface area (Å²) < 4.78 is 26.6. The third-order valence-electron chi connectivity index (χ3n) is 5.71. The zero-order valence-electron chi connectivity index (χ0n) is 22.2. The third kappa shape index (κ3) is 8.23. The van der Waals surface area contributed by atoms with E-state index in [0.717, 1.165) is 16.1 Å². The largest absolute Gasteiger partial charge is 0.350 e. The second-order valence-electron chi connectivity index (χ2n) is 10.3. The van der Waals surface area contributed by atoms with Crippen molar-refractivity contribution in [3.63, 3.8) is 0 Å². The smallest absolute Gasteiger partial charge is 0.244 e. The normalized spacial score (nSPS) is 12.8. The molecule has 0 saturated heterocycles. The van der Waals surface area contributed by atoms with Crippen LogP contribution < -0.4 is 9.62 Å². The van der Waals surface area contributed by atoms with Crippen LogP contribution in [0.1, 0.15) is 65.0 Å². The molecule has 2 amide bonds. The van der Waals surface area contributed by atoms with Crippen LogP contribution in [-0.2, 0) is 26.2 Å². The summed E-state index contributed by atoms with van der Waals surface area (Å²) in [4.78, 5) is 28.3. The van der Waals surface area contributed by atoms with Crippen molar-refractivity contribution in [2.45, 2.75) is 72.0 Å². The average Bonchev–Trinajstić information content (AvgIpc) is 2.76. The van der Waals surface area contributed by atoms with Crippen LogP contribution in [-0.4, -0.2) is 49.5 Å². The number of anilines is 1. The van der Waals surface area contributed by atoms with Gasteiger partial charge >= 0.3 is 0 Å². The predicted octanol–water partition coefficient (Wildman–Crippen LogP) is 4.95. The standard InChI is InChI=1S/C27H38ClN3O4S/c1-8-24(26(33)29-27(4,5)6)30(17-21-11-9-10-12-23(21)28)25(32)18-31(36(7,34)35)22-15-13-20(14-16-22)19(2)3/h9-16,19,24H,8,17-18H2,1-7H3,(H,29,33). The second kappa shape index (κ2) is 12.1. The number of hydrogen-bond donors (Lipinski definition) is 1. The van der Waals surface area contributed by atoms with Crippen molar-refractivity contribution < 1.29 is 18.0 Å². The number of nitrogens with one attached hydrogen (secondary N) is 1. The Morgan fingerprint density at radius 2 is 1.61 bits per heavy atom. The summed E-state index contributed by atoms with van der Waals surface area (Å²) in [6.45, 7) is 11.1. The molecule has 2 rings (SSSR count). The summed E-state index contributed by atoms with van der Waals surface area (Å²) in [5.41, 5.74) is 1.62. The van der Waals surface area contributed by atoms with Gasteiger partial charge in [0.1, 0.15) is 12.6 Å². The van der Waals surface area contributed by atoms with Crippen molar-refractivity contribution in [1.29, 1.82) is 0 Å². The van der Waals surface area contributed by atoms with Gasteiger partial charge in [0, 0.05) is 17.1 Å². The van der Waals surface area contributed by atoms with Crippen LogP contribution in [0.15, 0.2) is 48.5 Å². The van der Waals surface area contributed by atoms with Gasteiger partial charge in [-0.25, -0.2) is 8.42 Å². The Kier molecular flexibility index (Phi) is 9.97. The van der Waals surface area contributed by atoms with Gasteiger partial charge in [0.2, 0.25) is 21.8 Å². The Morgan fingerprint density at radius 3 is 2.08 bits per heavy atom. The van der Waals surface area contributed by atoms with E-state index >= 15 is 0 Å². The highest BCUT2D eigenvalue weighted by molar-refractivity contribution is 7.92. The molecule has 0 saturated carbocycles. The topological polar surface area (TPSA) is 86.8 Å². The molecule has 2 aromatic rings. The van der Waals surface area contributed by atoms with Gasteiger partial charge in [0.15, 0.2) is 0 Å². The fraction of sp³-hybridized carbons (Fsp3) is 0.481. The van der Waals surface area contributed by atoms with E-state index in [1.807, 2.05) is 53.7 Å². The van der Waals surface area contributed by atoms with E-state index in [0.29, 0.717) is 22.7 Å². The van der Waals surface area contributed by atoms with Crippen LogP contribution in [0.25, 0.3) is 0 Å². The van der Waals surface area contributed by atoms with Gasteiger partial charge in [-0.3, -0.25) is 13.9 Å². The molecule has 0 heterocycles. The maximum absolute atomic E-state index is 13.7. The number of carbonyl (C=O) groups is 2. The van der Waals surface area contributed by atoms with Crippen molar-refractivity contribution in [2.75, 3.05) is 17.1 Å². The summed E-state index contributed by atoms with van der Waals surface area (Å²) in [5.74, 6) is -0.521. The van der Waals surface area contributed by atoms with E-state index in [9.17, 15) is 18.0 Å². The molecule has 0 aromatic heterocycles. The zero-order valence-corrected chi connectivity index (χ0v) is 23.8. The Morgan fingerprint density at radius 1 is 1.03 bits per heavy atom. The predicted molar refractivity (Wildman–Crippen MR) is 147 cm³/mol. The first-order valence-corrected chi connectivity index (χ1v) is 14.3. The Balaban J connectivity index is 2.47. The number of benzene rings is 2. The monoisotopic (exact) mass is 535 g/mol. The van der Waals surface area contributed by atoms with Crippen LogP contribution in [0.2, 0.25) is 5.02 Å². The van der Waals surface area contributed by atoms with E-state index in [4.69, 9.17) is 11.6 Å². The number of sulfonamides is 1. The Labute approximate surface area is 220 Å². The van der Waals surface area contributed by atoms with Crippen molar-refractivity contribution >= 4 is 39.1 Å². The highest BCUT2D eigenvalue weighted by Crippen LogP contribution is 2.24. The van der Waals surface area contributed by atoms with Crippen molar-refractivity contribution in [3.8, 4) is 0 Å². The highest BCUT2D eigenvalue weighted by Gasteiger charge is 2.33. The number of rotatable bonds is 10. The molecule has 0 aliphatic heterocycles. The van der Waals surface area contributed by atoms with Crippen LogP contribution in [0.4, 0.5) is 5.69 Å². The minimum Gasteiger partial charge on any atom is -0.350 e. The molecule has 0 aliphatic rings. The van der Waals surface area contributed by atoms with Crippen molar-refractivity contribution in [2.24, 2.45) is 0 Å². The molecule has 7 nitrogen and oxygen atoms in total. The van der Waals surface area contributed by atoms with Gasteiger partial charge in [-0.1, -0.05) is 62.7 Å². The molecule has 9 heteroatoms. The molecular weight excluding hydrogens is 498 g/mol. The molecular formula is C27H38ClN3O4S. The molecule has 1 atom stereocenters. The minimum atomic E-state index is -3.78. The first-order valence-electron chi connectivity index (χ1n) is 12.1. The molecule has 0 aliphatic carbocycles. The summed E-state index contributed by atoms with van der Waals surface area (Å²) >= 11 is 6.38. The number of hydrogen-bond acceptors (Lipinski definition) is 4. The lowest BCUT2D eigenvalue weighted by molar-refractivity contribution is -0.141. The molecule has 2 aromatic carbocycles. The van der Waals surface area contributed by atoms with Crippen LogP contribution in [0.3, 0.4) is 0 Å². The maximum Gasteiger partial charge on any atom is 0.244 e. The maximum atomic E-state index is 13.7. The molecule has 1 N–H and O–H groups in total. The molecule has 0 bridgehead atoms. The lowest BCUT2D eigenvalue weighted by Gasteiger charge is -2.34. The molecule has 0 spiro atoms. The van der Waals surface area contributed by atoms with Gasteiger partial charge in [-0.15, -0.1) is 0 Å². The highest BCUT2D eigenvalue weighted by atomic mass is 35.5. The Bertz CT molecular complexity index is 1160. The SMILES string of the molecule is CCC(C(=O)NC(C)(C)C)N(Cc1ccccc1Cl)C(=O)CN(c1ccc(C(C)C)cc1)S(C)(=O)=O. The van der Waals surface area contributed by atoms with Crippen LogP contribution in [0.5, 0.6) is 0 Å². The summed E-state index contributed by atoms with van der Waals surface area (Å²) in [5, 5.41) is 3.40. The molecule has 0 fully saturated rings. The first kappa shape index (κ1) is 29.6. The molecule has 1 unspecified atom stereocenters. The number of carbonyl (C=O) groups excluding carboxylic acids is 2. The lowest BCUT2D eigenvalue weighted by atomic mass is 10.0. The second-order valence-corrected chi connectivity index (χ2v) is 12.6. The minimum absolute atomic E-state index is 0.0679. The van der Waals surface area contributed by atoms with E-state index in [-0.39, 0.29) is 18.4 Å². The number of halogens is 1. The van der Waals surface area contributed by atoms with Gasteiger partial charge in [0.25, 0.3) is 0 Å². The Hall–Kier alpha value is -2.58. The third-order valence-corrected chi connectivity index (χ3v) is 7.22. The van der Waals surface area contributed by atoms with Crippen molar-refractivity contribution in [1.82, 2.24) is 10.2 Å². The molecule has 198 valence electrons. The van der Waals surface area contributed by atoms with Gasteiger partial charge < -0.3 is 10.2 Å². The lowest BCUT2D eigenvalue weighted by Crippen LogP contribution is -2.55. The quantitative estimate of drug-likeness (QED) is 0.466. The van der Waals surface area contributed by atoms with Gasteiger partial charge in [0.05, 0.1) is 11.9 Å². The zero-order chi connectivity index (χ0) is 27.3. The summed E-state index contributed by atoms with van der Waals surface area (Å²) in [7, 11) is -3.78. The molecule has 0 radical (unpaired) electrons. The van der Waals surface area contributed by atoms with E-state index in [1.165, 1.54) is 4.90 Å². The average molecular weight is 536 g/mol. The van der Waals surface area contributed by atoms with Crippen LogP contribution in [0, 0.1) is 0 Å². The van der Waals surface area contributed by atoms with E-state index in [1.54, 1.807) is 36.4 Å². The molecule has 36 heavy (non-hydrogen) atoms.